The van der Waals surface area contributed by atoms with Gasteiger partial charge in [0.05, 0.1) is 5.69 Å². The first kappa shape index (κ1) is 15.1. The van der Waals surface area contributed by atoms with Crippen LogP contribution in [0.3, 0.4) is 0 Å². The molecule has 0 aliphatic heterocycles. The molecule has 0 aliphatic rings. The van der Waals surface area contributed by atoms with Crippen LogP contribution in [0.15, 0.2) is 6.07 Å². The van der Waals surface area contributed by atoms with Gasteiger partial charge in [-0.05, 0) is 25.7 Å². The van der Waals surface area contributed by atoms with E-state index in [1.54, 1.807) is 6.26 Å². The Labute approximate surface area is 87.8 Å². The third kappa shape index (κ3) is 5.75. The molecule has 0 saturated heterocycles. The van der Waals surface area contributed by atoms with Crippen LogP contribution in [-0.2, 0) is 13.5 Å². The van der Waals surface area contributed by atoms with Crippen molar-refractivity contribution in [3.63, 3.8) is 0 Å². The predicted octanol–water partition coefficient (Wildman–Crippen LogP) is 2.86. The average molecular weight is 202 g/mol. The van der Waals surface area contributed by atoms with Crippen LogP contribution in [0.2, 0.25) is 0 Å². The Morgan fingerprint density at radius 1 is 1.38 bits per heavy atom. The van der Waals surface area contributed by atoms with E-state index < -0.39 is 0 Å². The van der Waals surface area contributed by atoms with Gasteiger partial charge in [0.2, 0.25) is 0 Å². The maximum absolute atomic E-state index is 4.20. The van der Waals surface area contributed by atoms with Crippen molar-refractivity contribution < 1.29 is 0 Å². The van der Waals surface area contributed by atoms with Crippen molar-refractivity contribution in [1.82, 2.24) is 9.78 Å². The van der Waals surface area contributed by atoms with E-state index in [-0.39, 0.29) is 0 Å². The van der Waals surface area contributed by atoms with Crippen LogP contribution in [0.5, 0.6) is 0 Å². The van der Waals surface area contributed by atoms with Gasteiger partial charge in [0.25, 0.3) is 0 Å². The van der Waals surface area contributed by atoms with E-state index in [9.17, 15) is 0 Å². The van der Waals surface area contributed by atoms with Crippen molar-refractivity contribution in [3.05, 3.63) is 17.5 Å². The molecule has 1 heterocycles. The maximum atomic E-state index is 4.20. The fourth-order valence-electron chi connectivity index (χ4n) is 0.995. The van der Waals surface area contributed by atoms with Gasteiger partial charge >= 0.3 is 0 Å². The van der Waals surface area contributed by atoms with Crippen LogP contribution < -0.4 is 0 Å². The molecule has 0 bridgehead atoms. The second kappa shape index (κ2) is 9.65. The number of hydrogen-bond acceptors (Lipinski definition) is 2. The van der Waals surface area contributed by atoms with Crippen LogP contribution in [0.4, 0.5) is 0 Å². The van der Waals surface area contributed by atoms with Gasteiger partial charge in [-0.25, -0.2) is 0 Å². The maximum Gasteiger partial charge on any atom is 0.0596 e. The van der Waals surface area contributed by atoms with E-state index in [0.717, 1.165) is 12.1 Å². The highest BCUT2D eigenvalue weighted by atomic mass is 32.1. The average Bonchev–Trinajstić information content (AvgIpc) is 2.51. The van der Waals surface area contributed by atoms with Gasteiger partial charge < -0.3 is 0 Å². The third-order valence-electron chi connectivity index (χ3n) is 1.46. The summed E-state index contributed by atoms with van der Waals surface area (Å²) in [5.74, 6) is 0. The summed E-state index contributed by atoms with van der Waals surface area (Å²) in [6, 6.07) is 2.11. The molecular weight excluding hydrogens is 180 g/mol. The lowest BCUT2D eigenvalue weighted by atomic mass is 10.3. The molecular formula is C10H22N2S. The van der Waals surface area contributed by atoms with Crippen molar-refractivity contribution in [2.45, 2.75) is 34.1 Å². The summed E-state index contributed by atoms with van der Waals surface area (Å²) in [5, 5.41) is 4.20. The Morgan fingerprint density at radius 2 is 1.85 bits per heavy atom. The van der Waals surface area contributed by atoms with E-state index in [1.807, 2.05) is 32.5 Å². The Kier molecular flexibility index (Phi) is 11.2. The Bertz CT molecular complexity index is 207. The largest absolute Gasteiger partial charge is 0.272 e. The number of thiol groups is 1. The lowest BCUT2D eigenvalue weighted by Gasteiger charge is -1.92. The molecule has 0 aliphatic carbocycles. The van der Waals surface area contributed by atoms with Crippen LogP contribution in [0.1, 0.15) is 32.2 Å². The molecule has 0 N–H and O–H groups in total. The summed E-state index contributed by atoms with van der Waals surface area (Å²) in [6.45, 7) is 8.15. The van der Waals surface area contributed by atoms with E-state index in [2.05, 4.69) is 30.7 Å². The molecule has 13 heavy (non-hydrogen) atoms. The molecule has 0 aromatic carbocycles. The minimum Gasteiger partial charge on any atom is -0.272 e. The fraction of sp³-hybridized carbons (Fsp3) is 0.700. The molecule has 1 rings (SSSR count). The number of aryl methyl sites for hydroxylation is 3. The standard InChI is InChI=1S/C7H12N2.C2H6.CH4S/c1-4-7-5-6(2)8-9(7)3;2*1-2/h5H,4H2,1-3H3;1-2H3;2H,1H3. The Hall–Kier alpha value is -0.440. The van der Waals surface area contributed by atoms with Crippen LogP contribution in [0.25, 0.3) is 0 Å². The Morgan fingerprint density at radius 3 is 2.00 bits per heavy atom. The lowest BCUT2D eigenvalue weighted by Crippen LogP contribution is -1.95. The zero-order valence-electron chi connectivity index (χ0n) is 9.63. The van der Waals surface area contributed by atoms with Gasteiger partial charge in [0.15, 0.2) is 0 Å². The molecule has 0 unspecified atom stereocenters. The molecule has 1 aromatic heterocycles. The van der Waals surface area contributed by atoms with Gasteiger partial charge in [-0.15, -0.1) is 0 Å². The summed E-state index contributed by atoms with van der Waals surface area (Å²) in [5.41, 5.74) is 2.40. The van der Waals surface area contributed by atoms with Crippen molar-refractivity contribution in [2.75, 3.05) is 6.26 Å². The topological polar surface area (TPSA) is 17.8 Å². The summed E-state index contributed by atoms with van der Waals surface area (Å²) >= 11 is 3.53. The van der Waals surface area contributed by atoms with Gasteiger partial charge in [0.1, 0.15) is 0 Å². The van der Waals surface area contributed by atoms with Crippen molar-refractivity contribution in [3.8, 4) is 0 Å². The zero-order valence-corrected chi connectivity index (χ0v) is 10.5. The second-order valence-corrected chi connectivity index (χ2v) is 2.25. The SMILES string of the molecule is CC.CCc1cc(C)nn1C.CS. The van der Waals surface area contributed by atoms with E-state index in [1.165, 1.54) is 5.69 Å². The first-order valence-corrected chi connectivity index (χ1v) is 5.57. The lowest BCUT2D eigenvalue weighted by molar-refractivity contribution is 0.711. The van der Waals surface area contributed by atoms with E-state index >= 15 is 0 Å². The van der Waals surface area contributed by atoms with E-state index in [0.29, 0.717) is 0 Å². The van der Waals surface area contributed by atoms with Crippen LogP contribution in [0, 0.1) is 6.92 Å². The van der Waals surface area contributed by atoms with Gasteiger partial charge in [-0.1, -0.05) is 20.8 Å². The number of rotatable bonds is 1. The first-order chi connectivity index (χ1) is 6.24. The monoisotopic (exact) mass is 202 g/mol. The van der Waals surface area contributed by atoms with Crippen molar-refractivity contribution >= 4 is 12.6 Å². The highest BCUT2D eigenvalue weighted by molar-refractivity contribution is 7.79. The van der Waals surface area contributed by atoms with Gasteiger partial charge in [-0.3, -0.25) is 4.68 Å². The third-order valence-corrected chi connectivity index (χ3v) is 1.46. The van der Waals surface area contributed by atoms with Crippen molar-refractivity contribution in [2.24, 2.45) is 7.05 Å². The first-order valence-electron chi connectivity index (χ1n) is 4.68. The summed E-state index contributed by atoms with van der Waals surface area (Å²) in [4.78, 5) is 0. The molecule has 0 radical (unpaired) electrons. The van der Waals surface area contributed by atoms with Crippen LogP contribution >= 0.6 is 12.6 Å². The van der Waals surface area contributed by atoms with Crippen LogP contribution in [-0.4, -0.2) is 16.0 Å². The molecule has 78 valence electrons. The molecule has 0 spiro atoms. The van der Waals surface area contributed by atoms with Crippen molar-refractivity contribution in [1.29, 1.82) is 0 Å². The number of hydrogen-bond donors (Lipinski definition) is 1. The highest BCUT2D eigenvalue weighted by Gasteiger charge is 1.96. The summed E-state index contributed by atoms with van der Waals surface area (Å²) < 4.78 is 1.93. The smallest absolute Gasteiger partial charge is 0.0596 e. The minimum atomic E-state index is 1.07. The molecule has 0 atom stereocenters. The quantitative estimate of drug-likeness (QED) is 0.693. The number of nitrogens with zero attached hydrogens (tertiary/aromatic N) is 2. The molecule has 0 fully saturated rings. The minimum absolute atomic E-state index is 1.07. The molecule has 2 nitrogen and oxygen atoms in total. The molecule has 0 amide bonds. The summed E-state index contributed by atoms with van der Waals surface area (Å²) in [6.07, 6.45) is 2.76. The zero-order chi connectivity index (χ0) is 10.9. The normalized spacial score (nSPS) is 7.92. The second-order valence-electron chi connectivity index (χ2n) is 2.25. The summed E-state index contributed by atoms with van der Waals surface area (Å²) in [7, 11) is 1.98. The highest BCUT2D eigenvalue weighted by Crippen LogP contribution is 2.00. The molecule has 1 aromatic rings. The van der Waals surface area contributed by atoms with E-state index in [4.69, 9.17) is 0 Å². The molecule has 0 saturated carbocycles. The fourth-order valence-corrected chi connectivity index (χ4v) is 0.995. The van der Waals surface area contributed by atoms with Gasteiger partial charge in [0, 0.05) is 12.7 Å². The predicted molar refractivity (Wildman–Crippen MR) is 63.6 cm³/mol. The Balaban J connectivity index is 0. The van der Waals surface area contributed by atoms with Gasteiger partial charge in [-0.2, -0.15) is 17.7 Å². The number of aromatic nitrogens is 2. The molecule has 3 heteroatoms.